The van der Waals surface area contributed by atoms with Crippen LogP contribution in [0.15, 0.2) is 12.1 Å². The molecule has 0 spiro atoms. The van der Waals surface area contributed by atoms with Gasteiger partial charge in [0, 0.05) is 12.5 Å². The number of fused-ring (bicyclic) bond motifs is 1. The second-order valence-corrected chi connectivity index (χ2v) is 4.45. The summed E-state index contributed by atoms with van der Waals surface area (Å²) in [5, 5.41) is 9.75. The fourth-order valence-electron chi connectivity index (χ4n) is 2.38. The number of ether oxygens (including phenoxy) is 1. The van der Waals surface area contributed by atoms with Crippen molar-refractivity contribution in [3.8, 4) is 5.75 Å². The van der Waals surface area contributed by atoms with Crippen molar-refractivity contribution in [1.29, 1.82) is 0 Å². The van der Waals surface area contributed by atoms with E-state index in [1.807, 2.05) is 6.07 Å². The number of rotatable bonds is 3. The number of methoxy groups -OCH3 is 1. The van der Waals surface area contributed by atoms with Gasteiger partial charge in [0.05, 0.1) is 7.11 Å². The van der Waals surface area contributed by atoms with Crippen LogP contribution in [0.1, 0.15) is 23.1 Å². The third kappa shape index (κ3) is 2.42. The van der Waals surface area contributed by atoms with Gasteiger partial charge in [-0.25, -0.2) is 0 Å². The fourth-order valence-corrected chi connectivity index (χ4v) is 2.38. The van der Waals surface area contributed by atoms with Gasteiger partial charge in [0.1, 0.15) is 5.75 Å². The van der Waals surface area contributed by atoms with Crippen molar-refractivity contribution in [2.45, 2.75) is 31.7 Å². The molecule has 1 aliphatic rings. The largest absolute Gasteiger partial charge is 0.508 e. The zero-order valence-corrected chi connectivity index (χ0v) is 9.90. The molecule has 1 aromatic carbocycles. The highest BCUT2D eigenvalue weighted by Crippen LogP contribution is 2.32. The molecule has 0 fully saturated rings. The molecule has 0 aliphatic heterocycles. The summed E-state index contributed by atoms with van der Waals surface area (Å²) in [7, 11) is 1.39. The van der Waals surface area contributed by atoms with Gasteiger partial charge in [-0.15, -0.1) is 0 Å². The number of hydrogen-bond acceptors (Lipinski definition) is 4. The summed E-state index contributed by atoms with van der Waals surface area (Å²) in [5.41, 5.74) is 9.05. The molecular weight excluding hydrogens is 218 g/mol. The van der Waals surface area contributed by atoms with Gasteiger partial charge in [0.25, 0.3) is 0 Å². The van der Waals surface area contributed by atoms with E-state index in [0.29, 0.717) is 25.0 Å². The molecule has 3 N–H and O–H groups in total. The van der Waals surface area contributed by atoms with E-state index in [1.165, 1.54) is 7.11 Å². The molecule has 4 heteroatoms. The van der Waals surface area contributed by atoms with Gasteiger partial charge in [-0.2, -0.15) is 0 Å². The molecular formula is C13H17NO3. The zero-order valence-electron chi connectivity index (χ0n) is 9.90. The zero-order chi connectivity index (χ0) is 12.4. The third-order valence-corrected chi connectivity index (χ3v) is 3.26. The summed E-state index contributed by atoms with van der Waals surface area (Å²) in [6, 6.07) is 3.63. The predicted molar refractivity (Wildman–Crippen MR) is 63.8 cm³/mol. The normalized spacial score (nSPS) is 17.9. The first-order valence-electron chi connectivity index (χ1n) is 5.76. The molecule has 2 rings (SSSR count). The topological polar surface area (TPSA) is 72.5 Å². The Bertz CT molecular complexity index is 443. The average molecular weight is 235 g/mol. The second kappa shape index (κ2) is 4.75. The van der Waals surface area contributed by atoms with E-state index in [1.54, 1.807) is 6.07 Å². The van der Waals surface area contributed by atoms with E-state index < -0.39 is 0 Å². The maximum absolute atomic E-state index is 11.1. The van der Waals surface area contributed by atoms with E-state index >= 15 is 0 Å². The molecule has 0 radical (unpaired) electrons. The number of aryl methyl sites for hydroxylation is 1. The summed E-state index contributed by atoms with van der Waals surface area (Å²) in [6.45, 7) is 0. The number of benzene rings is 1. The molecule has 1 atom stereocenters. The minimum atomic E-state index is -0.214. The van der Waals surface area contributed by atoms with Crippen molar-refractivity contribution < 1.29 is 14.6 Å². The summed E-state index contributed by atoms with van der Waals surface area (Å²) in [5.74, 6) is 0.101. The Labute approximate surface area is 100 Å². The lowest BCUT2D eigenvalue weighted by Crippen LogP contribution is -2.19. The van der Waals surface area contributed by atoms with Gasteiger partial charge in [-0.05, 0) is 42.0 Å². The number of aromatic hydroxyl groups is 1. The van der Waals surface area contributed by atoms with E-state index in [4.69, 9.17) is 5.73 Å². The average Bonchev–Trinajstić information content (AvgIpc) is 2.70. The molecule has 92 valence electrons. The van der Waals surface area contributed by atoms with Crippen molar-refractivity contribution >= 4 is 5.97 Å². The molecule has 0 aromatic heterocycles. The Balaban J connectivity index is 2.19. The van der Waals surface area contributed by atoms with E-state index in [2.05, 4.69) is 4.74 Å². The van der Waals surface area contributed by atoms with E-state index in [0.717, 1.165) is 23.1 Å². The van der Waals surface area contributed by atoms with Crippen LogP contribution in [0.2, 0.25) is 0 Å². The summed E-state index contributed by atoms with van der Waals surface area (Å²) >= 11 is 0. The molecule has 0 saturated carbocycles. The van der Waals surface area contributed by atoms with Crippen LogP contribution in [-0.4, -0.2) is 24.2 Å². The Kier molecular flexibility index (Phi) is 3.33. The molecule has 1 aliphatic carbocycles. The monoisotopic (exact) mass is 235 g/mol. The van der Waals surface area contributed by atoms with Crippen LogP contribution in [0.5, 0.6) is 5.75 Å². The van der Waals surface area contributed by atoms with Gasteiger partial charge in [-0.3, -0.25) is 4.79 Å². The van der Waals surface area contributed by atoms with Crippen molar-refractivity contribution in [1.82, 2.24) is 0 Å². The number of phenols is 1. The quantitative estimate of drug-likeness (QED) is 0.764. The Morgan fingerprint density at radius 3 is 2.88 bits per heavy atom. The number of carbonyl (C=O) groups is 1. The highest BCUT2D eigenvalue weighted by atomic mass is 16.5. The van der Waals surface area contributed by atoms with Crippen LogP contribution < -0.4 is 5.73 Å². The number of hydrogen-bond donors (Lipinski definition) is 2. The van der Waals surface area contributed by atoms with E-state index in [-0.39, 0.29) is 12.0 Å². The Morgan fingerprint density at radius 1 is 1.47 bits per heavy atom. The predicted octanol–water partition coefficient (Wildman–Crippen LogP) is 0.924. The minimum absolute atomic E-state index is 0.0789. The fraction of sp³-hybridized carbons (Fsp3) is 0.462. The van der Waals surface area contributed by atoms with Gasteiger partial charge in [-0.1, -0.05) is 6.07 Å². The molecule has 4 nitrogen and oxygen atoms in total. The van der Waals surface area contributed by atoms with Crippen LogP contribution in [0.3, 0.4) is 0 Å². The third-order valence-electron chi connectivity index (χ3n) is 3.26. The van der Waals surface area contributed by atoms with Crippen LogP contribution in [0.25, 0.3) is 0 Å². The molecule has 1 unspecified atom stereocenters. The maximum Gasteiger partial charge on any atom is 0.305 e. The Morgan fingerprint density at radius 2 is 2.18 bits per heavy atom. The first kappa shape index (κ1) is 11.9. The maximum atomic E-state index is 11.1. The summed E-state index contributed by atoms with van der Waals surface area (Å²) in [6.07, 6.45) is 2.50. The lowest BCUT2D eigenvalue weighted by Gasteiger charge is -2.09. The van der Waals surface area contributed by atoms with E-state index in [9.17, 15) is 9.90 Å². The highest BCUT2D eigenvalue weighted by molar-refractivity contribution is 5.69. The molecule has 17 heavy (non-hydrogen) atoms. The van der Waals surface area contributed by atoms with Gasteiger partial charge < -0.3 is 15.6 Å². The van der Waals surface area contributed by atoms with Crippen LogP contribution >= 0.6 is 0 Å². The van der Waals surface area contributed by atoms with Crippen molar-refractivity contribution in [3.05, 3.63) is 28.8 Å². The summed E-state index contributed by atoms with van der Waals surface area (Å²) in [4.78, 5) is 11.1. The van der Waals surface area contributed by atoms with Crippen LogP contribution in [-0.2, 0) is 28.8 Å². The van der Waals surface area contributed by atoms with Gasteiger partial charge >= 0.3 is 5.97 Å². The molecule has 0 saturated heterocycles. The number of phenolic OH excluding ortho intramolecular Hbond substituents is 1. The lowest BCUT2D eigenvalue weighted by molar-refractivity contribution is -0.140. The van der Waals surface area contributed by atoms with Crippen LogP contribution in [0.4, 0.5) is 0 Å². The van der Waals surface area contributed by atoms with Gasteiger partial charge in [0.2, 0.25) is 0 Å². The number of esters is 1. The summed E-state index contributed by atoms with van der Waals surface area (Å²) < 4.78 is 4.62. The molecule has 0 bridgehead atoms. The molecule has 0 amide bonds. The van der Waals surface area contributed by atoms with Crippen molar-refractivity contribution in [3.63, 3.8) is 0 Å². The highest BCUT2D eigenvalue weighted by Gasteiger charge is 2.23. The Hall–Kier alpha value is -1.55. The first-order chi connectivity index (χ1) is 8.11. The molecule has 1 aromatic rings. The van der Waals surface area contributed by atoms with Gasteiger partial charge in [0.15, 0.2) is 0 Å². The standard InChI is InChI=1S/C13H17NO3/c1-17-13(16)5-3-8-2-4-12(15)11-7-9(14)6-10(8)11/h2,4,9,15H,3,5-7,14H2,1H3. The van der Waals surface area contributed by atoms with Crippen molar-refractivity contribution in [2.75, 3.05) is 7.11 Å². The minimum Gasteiger partial charge on any atom is -0.508 e. The smallest absolute Gasteiger partial charge is 0.305 e. The van der Waals surface area contributed by atoms with Crippen LogP contribution in [0, 0.1) is 0 Å². The first-order valence-corrected chi connectivity index (χ1v) is 5.76. The number of nitrogens with two attached hydrogens (primary N) is 1. The molecule has 0 heterocycles. The lowest BCUT2D eigenvalue weighted by atomic mass is 9.99. The number of carbonyl (C=O) groups excluding carboxylic acids is 1. The SMILES string of the molecule is COC(=O)CCc1ccc(O)c2c1CC(N)C2. The van der Waals surface area contributed by atoms with Crippen molar-refractivity contribution in [2.24, 2.45) is 5.73 Å². The second-order valence-electron chi connectivity index (χ2n) is 4.45.